The van der Waals surface area contributed by atoms with Crippen LogP contribution in [0.4, 0.5) is 4.79 Å². The Labute approximate surface area is 213 Å². The van der Waals surface area contributed by atoms with E-state index in [1.54, 1.807) is 11.9 Å². The number of ether oxygens (including phenoxy) is 1. The number of nitrogens with one attached hydrogen (secondary N) is 2. The van der Waals surface area contributed by atoms with Crippen LogP contribution in [0.2, 0.25) is 0 Å². The van der Waals surface area contributed by atoms with Crippen molar-refractivity contribution < 1.29 is 9.53 Å². The number of hydrogen-bond acceptors (Lipinski definition) is 5. The zero-order valence-electron chi connectivity index (χ0n) is 20.2. The number of carbonyl (C=O) groups excluding carboxylic acids is 1. The highest BCUT2D eigenvalue weighted by Gasteiger charge is 2.19. The van der Waals surface area contributed by atoms with Crippen molar-refractivity contribution in [3.8, 4) is 0 Å². The van der Waals surface area contributed by atoms with Gasteiger partial charge in [-0.3, -0.25) is 0 Å². The lowest BCUT2D eigenvalue weighted by atomic mass is 10.1. The molecule has 33 heavy (non-hydrogen) atoms. The van der Waals surface area contributed by atoms with Gasteiger partial charge in [0, 0.05) is 33.1 Å². The quantitative estimate of drug-likeness (QED) is 0.301. The van der Waals surface area contributed by atoms with Gasteiger partial charge in [0.2, 0.25) is 0 Å². The largest absolute Gasteiger partial charge is 0.444 e. The van der Waals surface area contributed by atoms with Crippen LogP contribution in [0.3, 0.4) is 0 Å². The SMILES string of the molecule is CCNC(=NCc1ccc(CN(C)C(=O)OC(C)(C)C)cc1)NCc1nnc2n1CCC2.I. The lowest BCUT2D eigenvalue weighted by Crippen LogP contribution is -2.37. The minimum Gasteiger partial charge on any atom is -0.444 e. The number of aromatic nitrogens is 3. The van der Waals surface area contributed by atoms with Gasteiger partial charge in [-0.1, -0.05) is 24.3 Å². The van der Waals surface area contributed by atoms with Gasteiger partial charge in [-0.15, -0.1) is 34.2 Å². The van der Waals surface area contributed by atoms with Gasteiger partial charge in [-0.05, 0) is 45.2 Å². The van der Waals surface area contributed by atoms with Crippen molar-refractivity contribution in [3.63, 3.8) is 0 Å². The maximum atomic E-state index is 12.1. The molecule has 9 nitrogen and oxygen atoms in total. The van der Waals surface area contributed by atoms with E-state index in [2.05, 4.69) is 30.4 Å². The Kier molecular flexibility index (Phi) is 9.93. The monoisotopic (exact) mass is 569 g/mol. The third-order valence-corrected chi connectivity index (χ3v) is 5.01. The number of nitrogens with zero attached hydrogens (tertiary/aromatic N) is 5. The highest BCUT2D eigenvalue weighted by atomic mass is 127. The van der Waals surface area contributed by atoms with Gasteiger partial charge in [0.15, 0.2) is 11.8 Å². The Hall–Kier alpha value is -2.37. The second-order valence-electron chi connectivity index (χ2n) is 8.99. The van der Waals surface area contributed by atoms with E-state index in [0.717, 1.165) is 54.7 Å². The number of aliphatic imine (C=N–C) groups is 1. The first-order chi connectivity index (χ1) is 15.2. The minimum atomic E-state index is -0.500. The fourth-order valence-corrected chi connectivity index (χ4v) is 3.44. The molecule has 1 aromatic carbocycles. The van der Waals surface area contributed by atoms with Gasteiger partial charge in [0.1, 0.15) is 11.4 Å². The number of guanidine groups is 1. The molecule has 3 rings (SSSR count). The highest BCUT2D eigenvalue weighted by Crippen LogP contribution is 2.14. The Balaban J connectivity index is 0.00000385. The van der Waals surface area contributed by atoms with Crippen LogP contribution in [-0.4, -0.2) is 50.9 Å². The smallest absolute Gasteiger partial charge is 0.410 e. The van der Waals surface area contributed by atoms with Crippen molar-refractivity contribution in [1.82, 2.24) is 30.3 Å². The Morgan fingerprint density at radius 3 is 2.55 bits per heavy atom. The zero-order valence-corrected chi connectivity index (χ0v) is 22.6. The average Bonchev–Trinajstić information content (AvgIpc) is 3.34. The van der Waals surface area contributed by atoms with Crippen LogP contribution >= 0.6 is 24.0 Å². The maximum Gasteiger partial charge on any atom is 0.410 e. The zero-order chi connectivity index (χ0) is 23.1. The summed E-state index contributed by atoms with van der Waals surface area (Å²) in [5, 5.41) is 15.2. The van der Waals surface area contributed by atoms with Gasteiger partial charge >= 0.3 is 6.09 Å². The molecule has 0 spiro atoms. The number of hydrogen-bond donors (Lipinski definition) is 2. The van der Waals surface area contributed by atoms with E-state index in [-0.39, 0.29) is 30.1 Å². The summed E-state index contributed by atoms with van der Waals surface area (Å²) in [6, 6.07) is 8.12. The fraction of sp³-hybridized carbons (Fsp3) is 0.565. The summed E-state index contributed by atoms with van der Waals surface area (Å²) in [5.41, 5.74) is 1.63. The van der Waals surface area contributed by atoms with E-state index in [1.165, 1.54) is 0 Å². The van der Waals surface area contributed by atoms with Crippen molar-refractivity contribution in [2.24, 2.45) is 4.99 Å². The molecule has 182 valence electrons. The predicted octanol–water partition coefficient (Wildman–Crippen LogP) is 3.46. The summed E-state index contributed by atoms with van der Waals surface area (Å²) < 4.78 is 7.59. The number of halogens is 1. The maximum absolute atomic E-state index is 12.1. The van der Waals surface area contributed by atoms with Crippen LogP contribution in [0.5, 0.6) is 0 Å². The van der Waals surface area contributed by atoms with Gasteiger partial charge < -0.3 is 24.8 Å². The summed E-state index contributed by atoms with van der Waals surface area (Å²) >= 11 is 0. The van der Waals surface area contributed by atoms with Crippen LogP contribution in [0.15, 0.2) is 29.3 Å². The number of carbonyl (C=O) groups is 1. The van der Waals surface area contributed by atoms with E-state index in [4.69, 9.17) is 4.74 Å². The second-order valence-corrected chi connectivity index (χ2v) is 8.99. The van der Waals surface area contributed by atoms with E-state index in [0.29, 0.717) is 19.6 Å². The first-order valence-corrected chi connectivity index (χ1v) is 11.2. The lowest BCUT2D eigenvalue weighted by Gasteiger charge is -2.24. The fourth-order valence-electron chi connectivity index (χ4n) is 3.44. The molecular formula is C23H36IN7O2. The van der Waals surface area contributed by atoms with Gasteiger partial charge in [-0.2, -0.15) is 0 Å². The van der Waals surface area contributed by atoms with Crippen LogP contribution in [-0.2, 0) is 37.3 Å². The van der Waals surface area contributed by atoms with Crippen molar-refractivity contribution in [3.05, 3.63) is 47.0 Å². The predicted molar refractivity (Wildman–Crippen MR) is 140 cm³/mol. The first kappa shape index (κ1) is 26.9. The molecule has 0 atom stereocenters. The summed E-state index contributed by atoms with van der Waals surface area (Å²) in [4.78, 5) is 18.4. The minimum absolute atomic E-state index is 0. The van der Waals surface area contributed by atoms with Gasteiger partial charge in [0.05, 0.1) is 13.1 Å². The first-order valence-electron chi connectivity index (χ1n) is 11.2. The summed E-state index contributed by atoms with van der Waals surface area (Å²) in [6.07, 6.45) is 1.81. The molecule has 10 heteroatoms. The Bertz CT molecular complexity index is 935. The molecule has 1 amide bonds. The van der Waals surface area contributed by atoms with Crippen molar-refractivity contribution in [1.29, 1.82) is 0 Å². The summed E-state index contributed by atoms with van der Waals surface area (Å²) in [5.74, 6) is 2.76. The summed E-state index contributed by atoms with van der Waals surface area (Å²) in [6.45, 7) is 11.0. The van der Waals surface area contributed by atoms with Gasteiger partial charge in [-0.25, -0.2) is 9.79 Å². The molecule has 2 aromatic rings. The molecule has 2 heterocycles. The molecule has 1 aromatic heterocycles. The normalized spacial score (nSPS) is 13.2. The van der Waals surface area contributed by atoms with Crippen molar-refractivity contribution in [2.75, 3.05) is 13.6 Å². The van der Waals surface area contributed by atoms with Crippen LogP contribution in [0.25, 0.3) is 0 Å². The lowest BCUT2D eigenvalue weighted by molar-refractivity contribution is 0.0285. The van der Waals surface area contributed by atoms with Crippen molar-refractivity contribution in [2.45, 2.75) is 72.3 Å². The number of benzene rings is 1. The molecule has 0 aliphatic carbocycles. The van der Waals surface area contributed by atoms with E-state index < -0.39 is 5.60 Å². The van der Waals surface area contributed by atoms with E-state index in [1.807, 2.05) is 52.0 Å². The van der Waals surface area contributed by atoms with Crippen LogP contribution in [0.1, 0.15) is 56.9 Å². The molecule has 0 saturated heterocycles. The second kappa shape index (κ2) is 12.2. The number of aryl methyl sites for hydroxylation is 1. The Morgan fingerprint density at radius 2 is 1.88 bits per heavy atom. The molecule has 1 aliphatic heterocycles. The summed E-state index contributed by atoms with van der Waals surface area (Å²) in [7, 11) is 1.74. The number of amides is 1. The molecule has 0 bridgehead atoms. The van der Waals surface area contributed by atoms with Gasteiger partial charge in [0.25, 0.3) is 0 Å². The molecule has 0 unspecified atom stereocenters. The number of rotatable bonds is 7. The molecule has 2 N–H and O–H groups in total. The van der Waals surface area contributed by atoms with Crippen molar-refractivity contribution >= 4 is 36.0 Å². The molecule has 1 aliphatic rings. The number of fused-ring (bicyclic) bond motifs is 1. The highest BCUT2D eigenvalue weighted by molar-refractivity contribution is 14.0. The average molecular weight is 569 g/mol. The third kappa shape index (κ3) is 8.17. The molecular weight excluding hydrogens is 533 g/mol. The molecule has 0 saturated carbocycles. The Morgan fingerprint density at radius 1 is 1.18 bits per heavy atom. The standard InChI is InChI=1S/C23H35N7O2.HI/c1-6-24-21(26-15-20-28-27-19-8-7-13-30(19)20)25-14-17-9-11-18(12-10-17)16-29(5)22(31)32-23(2,3)4;/h9-12H,6-8,13-16H2,1-5H3,(H2,24,25,26);1H. The third-order valence-electron chi connectivity index (χ3n) is 5.01. The van der Waals surface area contributed by atoms with Crippen LogP contribution in [0, 0.1) is 0 Å². The topological polar surface area (TPSA) is 96.7 Å². The van der Waals surface area contributed by atoms with Crippen LogP contribution < -0.4 is 10.6 Å². The van der Waals surface area contributed by atoms with E-state index in [9.17, 15) is 4.79 Å². The molecule has 0 radical (unpaired) electrons. The van der Waals surface area contributed by atoms with E-state index >= 15 is 0 Å². The molecule has 0 fully saturated rings.